The summed E-state index contributed by atoms with van der Waals surface area (Å²) in [6.45, 7) is 0.953. The molecular formula is C27H22F3NO5. The van der Waals surface area contributed by atoms with Crippen molar-refractivity contribution in [3.8, 4) is 28.3 Å². The first kappa shape index (κ1) is 23.7. The maximum Gasteiger partial charge on any atom is 0.339 e. The van der Waals surface area contributed by atoms with Crippen LogP contribution < -0.4 is 4.74 Å². The van der Waals surface area contributed by atoms with Crippen LogP contribution in [0.15, 0.2) is 48.5 Å². The molecule has 3 aromatic carbocycles. The molecule has 2 N–H and O–H groups in total. The van der Waals surface area contributed by atoms with Gasteiger partial charge in [0, 0.05) is 53.6 Å². The fourth-order valence-corrected chi connectivity index (χ4v) is 4.90. The highest BCUT2D eigenvalue weighted by atomic mass is 19.2. The molecule has 1 fully saturated rings. The van der Waals surface area contributed by atoms with E-state index in [-0.39, 0.29) is 17.2 Å². The standard InChI is InChI=1S/C27H22F3NO5/c1-35-24-10-15(2-5-19(24)28)25-18-12-20(29)21(30)13-22(18)31(26(25)14-6-8-36-9-7-14)16-3-4-17(27(33)34)23(32)11-16/h2-5,10-14,32H,6-9H2,1H3,(H,33,34). The zero-order valence-electron chi connectivity index (χ0n) is 19.2. The highest BCUT2D eigenvalue weighted by Crippen LogP contribution is 2.45. The molecule has 186 valence electrons. The van der Waals surface area contributed by atoms with E-state index in [0.717, 1.165) is 12.1 Å². The number of hydrogen-bond donors (Lipinski definition) is 2. The number of methoxy groups -OCH3 is 1. The zero-order chi connectivity index (χ0) is 25.6. The number of carboxylic acid groups (broad SMARTS) is 1. The van der Waals surface area contributed by atoms with E-state index < -0.39 is 29.2 Å². The van der Waals surface area contributed by atoms with E-state index in [1.807, 2.05) is 0 Å². The van der Waals surface area contributed by atoms with Crippen LogP contribution in [0.5, 0.6) is 11.5 Å². The Morgan fingerprint density at radius 1 is 1.00 bits per heavy atom. The number of aromatic nitrogens is 1. The molecule has 1 aliphatic rings. The molecular weight excluding hydrogens is 475 g/mol. The maximum atomic E-state index is 14.6. The predicted octanol–water partition coefficient (Wildman–Crippen LogP) is 6.02. The van der Waals surface area contributed by atoms with E-state index in [1.165, 1.54) is 37.4 Å². The monoisotopic (exact) mass is 497 g/mol. The van der Waals surface area contributed by atoms with E-state index >= 15 is 0 Å². The van der Waals surface area contributed by atoms with Crippen LogP contribution >= 0.6 is 0 Å². The van der Waals surface area contributed by atoms with Crippen molar-refractivity contribution in [3.05, 3.63) is 77.2 Å². The SMILES string of the molecule is COc1cc(-c2c(C3CCOCC3)n(-c3ccc(C(=O)O)c(O)c3)c3cc(F)c(F)cc23)ccc1F. The van der Waals surface area contributed by atoms with Crippen LogP contribution in [0.1, 0.15) is 34.8 Å². The third-order valence-corrected chi connectivity index (χ3v) is 6.56. The van der Waals surface area contributed by atoms with Crippen LogP contribution in [-0.2, 0) is 4.74 Å². The molecule has 6 nitrogen and oxygen atoms in total. The molecule has 1 aromatic heterocycles. The summed E-state index contributed by atoms with van der Waals surface area (Å²) < 4.78 is 55.8. The largest absolute Gasteiger partial charge is 0.507 e. The first-order valence-corrected chi connectivity index (χ1v) is 11.3. The summed E-state index contributed by atoms with van der Waals surface area (Å²) in [5.41, 5.74) is 2.19. The van der Waals surface area contributed by atoms with Gasteiger partial charge in [0.2, 0.25) is 0 Å². The van der Waals surface area contributed by atoms with E-state index in [1.54, 1.807) is 10.6 Å². The van der Waals surface area contributed by atoms with Crippen molar-refractivity contribution >= 4 is 16.9 Å². The van der Waals surface area contributed by atoms with Gasteiger partial charge in [0.15, 0.2) is 23.2 Å². The lowest BCUT2D eigenvalue weighted by molar-refractivity contribution is 0.0693. The molecule has 0 bridgehead atoms. The highest BCUT2D eigenvalue weighted by Gasteiger charge is 2.29. The molecule has 0 saturated carbocycles. The average Bonchev–Trinajstić information content (AvgIpc) is 3.18. The van der Waals surface area contributed by atoms with Gasteiger partial charge in [0.1, 0.15) is 11.3 Å². The summed E-state index contributed by atoms with van der Waals surface area (Å²) >= 11 is 0. The van der Waals surface area contributed by atoms with Crippen LogP contribution in [0.4, 0.5) is 13.2 Å². The Balaban J connectivity index is 1.89. The zero-order valence-corrected chi connectivity index (χ0v) is 19.2. The lowest BCUT2D eigenvalue weighted by Crippen LogP contribution is -2.17. The number of phenols is 1. The Morgan fingerprint density at radius 3 is 2.39 bits per heavy atom. The molecule has 4 aromatic rings. The van der Waals surface area contributed by atoms with Crippen molar-refractivity contribution in [1.29, 1.82) is 0 Å². The first-order chi connectivity index (χ1) is 17.3. The minimum atomic E-state index is -1.30. The van der Waals surface area contributed by atoms with E-state index in [2.05, 4.69) is 0 Å². The van der Waals surface area contributed by atoms with E-state index in [4.69, 9.17) is 9.47 Å². The minimum Gasteiger partial charge on any atom is -0.507 e. The molecule has 9 heteroatoms. The molecule has 2 heterocycles. The number of ether oxygens (including phenoxy) is 2. The molecule has 5 rings (SSSR count). The number of halogens is 3. The number of hydrogen-bond acceptors (Lipinski definition) is 4. The topological polar surface area (TPSA) is 80.9 Å². The molecule has 1 aliphatic heterocycles. The third kappa shape index (κ3) is 3.95. The third-order valence-electron chi connectivity index (χ3n) is 6.56. The quantitative estimate of drug-likeness (QED) is 0.352. The van der Waals surface area contributed by atoms with Crippen molar-refractivity contribution in [2.45, 2.75) is 18.8 Å². The Labute approximate surface area is 204 Å². The lowest BCUT2D eigenvalue weighted by atomic mass is 9.90. The van der Waals surface area contributed by atoms with Crippen LogP contribution in [0.3, 0.4) is 0 Å². The second-order valence-electron chi connectivity index (χ2n) is 8.62. The Kier molecular flexibility index (Phi) is 6.09. The van der Waals surface area contributed by atoms with Crippen molar-refractivity contribution in [2.24, 2.45) is 0 Å². The average molecular weight is 497 g/mol. The van der Waals surface area contributed by atoms with Gasteiger partial charge in [-0.3, -0.25) is 0 Å². The van der Waals surface area contributed by atoms with Crippen LogP contribution in [0.25, 0.3) is 27.7 Å². The van der Waals surface area contributed by atoms with Crippen molar-refractivity contribution in [1.82, 2.24) is 4.57 Å². The van der Waals surface area contributed by atoms with Crippen molar-refractivity contribution < 1.29 is 37.7 Å². The first-order valence-electron chi connectivity index (χ1n) is 11.3. The minimum absolute atomic E-state index is 0.00244. The Morgan fingerprint density at radius 2 is 1.72 bits per heavy atom. The number of aromatic carboxylic acids is 1. The second-order valence-corrected chi connectivity index (χ2v) is 8.62. The number of nitrogens with zero attached hydrogens (tertiary/aromatic N) is 1. The number of fused-ring (bicyclic) bond motifs is 1. The second kappa shape index (κ2) is 9.23. The van der Waals surface area contributed by atoms with Gasteiger partial charge in [-0.05, 0) is 48.7 Å². The molecule has 0 unspecified atom stereocenters. The van der Waals surface area contributed by atoms with Crippen molar-refractivity contribution in [3.63, 3.8) is 0 Å². The molecule has 0 amide bonds. The fraction of sp³-hybridized carbons (Fsp3) is 0.222. The number of carboxylic acids is 1. The summed E-state index contributed by atoms with van der Waals surface area (Å²) in [5.74, 6) is -4.54. The van der Waals surface area contributed by atoms with Gasteiger partial charge in [-0.25, -0.2) is 18.0 Å². The van der Waals surface area contributed by atoms with Gasteiger partial charge < -0.3 is 24.3 Å². The molecule has 1 saturated heterocycles. The number of aromatic hydroxyl groups is 1. The van der Waals surface area contributed by atoms with Gasteiger partial charge in [-0.2, -0.15) is 0 Å². The van der Waals surface area contributed by atoms with Crippen LogP contribution in [0, 0.1) is 17.5 Å². The van der Waals surface area contributed by atoms with Gasteiger partial charge >= 0.3 is 5.97 Å². The number of benzene rings is 3. The summed E-state index contributed by atoms with van der Waals surface area (Å²) in [6, 6.07) is 10.5. The smallest absolute Gasteiger partial charge is 0.339 e. The molecule has 36 heavy (non-hydrogen) atoms. The molecule has 0 atom stereocenters. The van der Waals surface area contributed by atoms with Crippen molar-refractivity contribution in [2.75, 3.05) is 20.3 Å². The lowest BCUT2D eigenvalue weighted by Gasteiger charge is -2.26. The Hall–Kier alpha value is -3.98. The van der Waals surface area contributed by atoms with Gasteiger partial charge in [0.05, 0.1) is 12.6 Å². The molecule has 0 aliphatic carbocycles. The summed E-state index contributed by atoms with van der Waals surface area (Å²) in [7, 11) is 1.34. The van der Waals surface area contributed by atoms with Gasteiger partial charge in [-0.15, -0.1) is 0 Å². The van der Waals surface area contributed by atoms with Crippen LogP contribution in [-0.4, -0.2) is 41.1 Å². The summed E-state index contributed by atoms with van der Waals surface area (Å²) in [5, 5.41) is 20.1. The van der Waals surface area contributed by atoms with E-state index in [0.29, 0.717) is 59.5 Å². The van der Waals surface area contributed by atoms with Crippen LogP contribution in [0.2, 0.25) is 0 Å². The molecule has 0 radical (unpaired) electrons. The Bertz CT molecular complexity index is 1490. The van der Waals surface area contributed by atoms with Gasteiger partial charge in [-0.1, -0.05) is 6.07 Å². The summed E-state index contributed by atoms with van der Waals surface area (Å²) in [4.78, 5) is 11.4. The van der Waals surface area contributed by atoms with Gasteiger partial charge in [0.25, 0.3) is 0 Å². The number of carbonyl (C=O) groups is 1. The predicted molar refractivity (Wildman–Crippen MR) is 127 cm³/mol. The fourth-order valence-electron chi connectivity index (χ4n) is 4.90. The summed E-state index contributed by atoms with van der Waals surface area (Å²) in [6.07, 6.45) is 1.23. The number of rotatable bonds is 5. The molecule has 0 spiro atoms. The highest BCUT2D eigenvalue weighted by molar-refractivity contribution is 6.00. The maximum absolute atomic E-state index is 14.6. The normalized spacial score (nSPS) is 14.3. The van der Waals surface area contributed by atoms with E-state index in [9.17, 15) is 28.2 Å².